The van der Waals surface area contributed by atoms with Crippen LogP contribution in [0, 0.1) is 0 Å². The summed E-state index contributed by atoms with van der Waals surface area (Å²) in [6, 6.07) is 62.8. The molecule has 0 unspecified atom stereocenters. The van der Waals surface area contributed by atoms with Crippen molar-refractivity contribution < 1.29 is 4.42 Å². The third kappa shape index (κ3) is 4.43. The third-order valence-electron chi connectivity index (χ3n) is 9.04. The SMILES string of the molecule is c1ccc(-c2ccc(N(c3ccc4c(c3)oc3ccccc34)c3ccc4c(c3)c(-c3ccccc3)cc3ccccc34)cc2)cc1. The maximum Gasteiger partial charge on any atom is 0.137 e. The Labute approximate surface area is 267 Å². The minimum atomic E-state index is 0.876. The highest BCUT2D eigenvalue weighted by molar-refractivity contribution is 6.15. The van der Waals surface area contributed by atoms with Gasteiger partial charge in [0.1, 0.15) is 11.2 Å². The minimum Gasteiger partial charge on any atom is -0.456 e. The molecular formula is C44H29NO. The molecular weight excluding hydrogens is 558 g/mol. The molecule has 1 heterocycles. The number of fused-ring (bicyclic) bond motifs is 6. The zero-order chi connectivity index (χ0) is 30.5. The van der Waals surface area contributed by atoms with Gasteiger partial charge in [0.15, 0.2) is 0 Å². The van der Waals surface area contributed by atoms with Crippen LogP contribution in [0.4, 0.5) is 17.1 Å². The Balaban J connectivity index is 1.27. The molecule has 216 valence electrons. The number of rotatable bonds is 5. The van der Waals surface area contributed by atoms with E-state index in [1.54, 1.807) is 0 Å². The Kier molecular flexibility index (Phi) is 6.17. The molecule has 9 aromatic rings. The first-order valence-corrected chi connectivity index (χ1v) is 15.7. The zero-order valence-electron chi connectivity index (χ0n) is 25.1. The molecule has 8 aromatic carbocycles. The molecule has 0 fully saturated rings. The van der Waals surface area contributed by atoms with E-state index in [-0.39, 0.29) is 0 Å². The molecule has 0 aliphatic carbocycles. The number of hydrogen-bond acceptors (Lipinski definition) is 2. The van der Waals surface area contributed by atoms with Crippen LogP contribution < -0.4 is 4.90 Å². The first kappa shape index (κ1) is 26.3. The van der Waals surface area contributed by atoms with E-state index < -0.39 is 0 Å². The lowest BCUT2D eigenvalue weighted by atomic mass is 9.92. The standard InChI is InChI=1S/C44H29NO/c1-3-11-30(12-4-1)31-19-21-34(22-20-31)45(36-24-26-40-39-17-9-10-18-43(39)46-44(40)29-36)35-23-25-38-37-16-8-7-15-33(37)27-41(42(38)28-35)32-13-5-2-6-14-32/h1-29H. The average molecular weight is 588 g/mol. The lowest BCUT2D eigenvalue weighted by molar-refractivity contribution is 0.669. The Bertz CT molecular complexity index is 2510. The first-order chi connectivity index (χ1) is 22.8. The van der Waals surface area contributed by atoms with Crippen molar-refractivity contribution >= 4 is 60.5 Å². The van der Waals surface area contributed by atoms with Crippen molar-refractivity contribution in [2.24, 2.45) is 0 Å². The van der Waals surface area contributed by atoms with Crippen LogP contribution in [-0.4, -0.2) is 0 Å². The van der Waals surface area contributed by atoms with Gasteiger partial charge in [-0.2, -0.15) is 0 Å². The zero-order valence-corrected chi connectivity index (χ0v) is 25.1. The highest BCUT2D eigenvalue weighted by Gasteiger charge is 2.18. The summed E-state index contributed by atoms with van der Waals surface area (Å²) in [6.07, 6.45) is 0. The number of hydrogen-bond donors (Lipinski definition) is 0. The van der Waals surface area contributed by atoms with Gasteiger partial charge in [0.05, 0.1) is 0 Å². The van der Waals surface area contributed by atoms with Crippen molar-refractivity contribution in [1.82, 2.24) is 0 Å². The van der Waals surface area contributed by atoms with Crippen LogP contribution in [0.15, 0.2) is 180 Å². The van der Waals surface area contributed by atoms with E-state index in [1.807, 2.05) is 12.1 Å². The number of para-hydroxylation sites is 1. The van der Waals surface area contributed by atoms with Gasteiger partial charge >= 0.3 is 0 Å². The summed E-state index contributed by atoms with van der Waals surface area (Å²) in [5.74, 6) is 0. The summed E-state index contributed by atoms with van der Waals surface area (Å²) < 4.78 is 6.36. The lowest BCUT2D eigenvalue weighted by Crippen LogP contribution is -2.10. The molecule has 1 aromatic heterocycles. The fourth-order valence-electron chi connectivity index (χ4n) is 6.82. The normalized spacial score (nSPS) is 11.5. The monoisotopic (exact) mass is 587 g/mol. The van der Waals surface area contributed by atoms with Gasteiger partial charge in [0.2, 0.25) is 0 Å². The molecule has 0 radical (unpaired) electrons. The fourth-order valence-corrected chi connectivity index (χ4v) is 6.82. The van der Waals surface area contributed by atoms with Crippen molar-refractivity contribution in [2.45, 2.75) is 0 Å². The second-order valence-electron chi connectivity index (χ2n) is 11.8. The Morgan fingerprint density at radius 3 is 1.67 bits per heavy atom. The maximum atomic E-state index is 6.36. The van der Waals surface area contributed by atoms with Crippen molar-refractivity contribution in [3.63, 3.8) is 0 Å². The average Bonchev–Trinajstić information content (AvgIpc) is 3.50. The molecule has 46 heavy (non-hydrogen) atoms. The molecule has 0 aliphatic rings. The molecule has 0 bridgehead atoms. The van der Waals surface area contributed by atoms with Crippen LogP contribution in [0.25, 0.3) is 65.7 Å². The molecule has 0 spiro atoms. The predicted molar refractivity (Wildman–Crippen MR) is 194 cm³/mol. The quantitative estimate of drug-likeness (QED) is 0.186. The van der Waals surface area contributed by atoms with E-state index >= 15 is 0 Å². The van der Waals surface area contributed by atoms with Gasteiger partial charge in [0, 0.05) is 33.9 Å². The number of nitrogens with zero attached hydrogens (tertiary/aromatic N) is 1. The molecule has 0 amide bonds. The van der Waals surface area contributed by atoms with Crippen LogP contribution in [0.1, 0.15) is 0 Å². The summed E-state index contributed by atoms with van der Waals surface area (Å²) >= 11 is 0. The van der Waals surface area contributed by atoms with Crippen molar-refractivity contribution in [3.8, 4) is 22.3 Å². The van der Waals surface area contributed by atoms with Crippen molar-refractivity contribution in [1.29, 1.82) is 0 Å². The summed E-state index contributed by atoms with van der Waals surface area (Å²) in [4.78, 5) is 2.34. The van der Waals surface area contributed by atoms with Gasteiger partial charge in [0.25, 0.3) is 0 Å². The smallest absolute Gasteiger partial charge is 0.137 e. The maximum absolute atomic E-state index is 6.36. The van der Waals surface area contributed by atoms with Gasteiger partial charge in [-0.1, -0.05) is 121 Å². The number of furan rings is 1. The second kappa shape index (κ2) is 10.8. The van der Waals surface area contributed by atoms with Crippen LogP contribution in [0.3, 0.4) is 0 Å². The van der Waals surface area contributed by atoms with Crippen molar-refractivity contribution in [2.75, 3.05) is 4.90 Å². The van der Waals surface area contributed by atoms with Gasteiger partial charge < -0.3 is 9.32 Å². The topological polar surface area (TPSA) is 16.4 Å². The van der Waals surface area contributed by atoms with E-state index in [9.17, 15) is 0 Å². The Hall–Kier alpha value is -6.12. The largest absolute Gasteiger partial charge is 0.456 e. The fraction of sp³-hybridized carbons (Fsp3) is 0. The second-order valence-corrected chi connectivity index (χ2v) is 11.8. The molecule has 2 heteroatoms. The lowest BCUT2D eigenvalue weighted by Gasteiger charge is -2.26. The molecule has 0 saturated heterocycles. The summed E-state index contributed by atoms with van der Waals surface area (Å²) in [7, 11) is 0. The van der Waals surface area contributed by atoms with E-state index in [0.717, 1.165) is 39.0 Å². The Morgan fingerprint density at radius 1 is 0.326 bits per heavy atom. The van der Waals surface area contributed by atoms with Crippen LogP contribution >= 0.6 is 0 Å². The van der Waals surface area contributed by atoms with Gasteiger partial charge in [-0.25, -0.2) is 0 Å². The molecule has 0 saturated carbocycles. The highest BCUT2D eigenvalue weighted by Crippen LogP contribution is 2.42. The van der Waals surface area contributed by atoms with E-state index in [4.69, 9.17) is 4.42 Å². The predicted octanol–water partition coefficient (Wildman–Crippen LogP) is 12.7. The van der Waals surface area contributed by atoms with E-state index in [1.165, 1.54) is 43.8 Å². The van der Waals surface area contributed by atoms with Gasteiger partial charge in [-0.05, 0) is 92.3 Å². The highest BCUT2D eigenvalue weighted by atomic mass is 16.3. The van der Waals surface area contributed by atoms with Crippen LogP contribution in [0.2, 0.25) is 0 Å². The van der Waals surface area contributed by atoms with E-state index in [2.05, 4.69) is 169 Å². The molecule has 2 nitrogen and oxygen atoms in total. The summed E-state index contributed by atoms with van der Waals surface area (Å²) in [6.45, 7) is 0. The van der Waals surface area contributed by atoms with Crippen LogP contribution in [0.5, 0.6) is 0 Å². The molecule has 9 rings (SSSR count). The number of anilines is 3. The van der Waals surface area contributed by atoms with Gasteiger partial charge in [-0.3, -0.25) is 0 Å². The Morgan fingerprint density at radius 2 is 0.891 bits per heavy atom. The summed E-state index contributed by atoms with van der Waals surface area (Å²) in [5, 5.41) is 7.21. The molecule has 0 N–H and O–H groups in total. The molecule has 0 atom stereocenters. The first-order valence-electron chi connectivity index (χ1n) is 15.7. The van der Waals surface area contributed by atoms with Gasteiger partial charge in [-0.15, -0.1) is 0 Å². The van der Waals surface area contributed by atoms with E-state index in [0.29, 0.717) is 0 Å². The molecule has 0 aliphatic heterocycles. The summed E-state index contributed by atoms with van der Waals surface area (Å²) in [5.41, 5.74) is 9.81. The minimum absolute atomic E-state index is 0.876. The van der Waals surface area contributed by atoms with Crippen molar-refractivity contribution in [3.05, 3.63) is 176 Å². The third-order valence-corrected chi connectivity index (χ3v) is 9.04. The number of benzene rings is 8. The van der Waals surface area contributed by atoms with Crippen LogP contribution in [-0.2, 0) is 0 Å².